The van der Waals surface area contributed by atoms with Crippen LogP contribution in [-0.4, -0.2) is 62.9 Å². The van der Waals surface area contributed by atoms with Crippen molar-refractivity contribution in [3.8, 4) is 0 Å². The zero-order valence-electron chi connectivity index (χ0n) is 22.5. The molecule has 0 unspecified atom stereocenters. The van der Waals surface area contributed by atoms with Crippen LogP contribution in [0.15, 0.2) is 54.6 Å². The van der Waals surface area contributed by atoms with Gasteiger partial charge in [-0.05, 0) is 63.3 Å². The third kappa shape index (κ3) is 7.48. The van der Waals surface area contributed by atoms with Crippen LogP contribution < -0.4 is 15.4 Å². The summed E-state index contributed by atoms with van der Waals surface area (Å²) >= 11 is 0. The summed E-state index contributed by atoms with van der Waals surface area (Å²) in [6, 6.07) is 16.7. The average Bonchev–Trinajstić information content (AvgIpc) is 3.52. The van der Waals surface area contributed by atoms with Crippen LogP contribution in [0.3, 0.4) is 0 Å². The number of rotatable bonds is 9. The Morgan fingerprint density at radius 3 is 2.45 bits per heavy atom. The van der Waals surface area contributed by atoms with Gasteiger partial charge < -0.3 is 15.4 Å². The van der Waals surface area contributed by atoms with Crippen molar-refractivity contribution < 1.29 is 22.7 Å². The standard InChI is InChI=1S/C28H38N4O5S/c1-27(2,3)37-26(34)29-23-13-16-32(18-23)19-24(20-9-6-5-7-10-20)30-25(33)28(14-15-28)21-11-8-12-22(17-21)31-38(4,35)36/h5-12,17,23-24,31H,13-16,18-19H2,1-4H3,(H,29,34)(H,30,33)/t23-,24+/m0/s1. The molecular weight excluding hydrogens is 504 g/mol. The largest absolute Gasteiger partial charge is 0.444 e. The van der Waals surface area contributed by atoms with E-state index >= 15 is 0 Å². The van der Waals surface area contributed by atoms with Crippen molar-refractivity contribution in [2.75, 3.05) is 30.6 Å². The number of ether oxygens (including phenoxy) is 1. The van der Waals surface area contributed by atoms with Crippen LogP contribution in [0, 0.1) is 0 Å². The maximum atomic E-state index is 13.7. The molecule has 2 aromatic rings. The molecule has 38 heavy (non-hydrogen) atoms. The van der Waals surface area contributed by atoms with Gasteiger partial charge in [-0.2, -0.15) is 0 Å². The number of hydrogen-bond donors (Lipinski definition) is 3. The van der Waals surface area contributed by atoms with Gasteiger partial charge in [0, 0.05) is 31.4 Å². The summed E-state index contributed by atoms with van der Waals surface area (Å²) in [6.45, 7) is 7.59. The maximum absolute atomic E-state index is 13.7. The molecule has 1 saturated carbocycles. The predicted octanol–water partition coefficient (Wildman–Crippen LogP) is 3.55. The number of amides is 2. The lowest BCUT2D eigenvalue weighted by Crippen LogP contribution is -2.43. The van der Waals surface area contributed by atoms with E-state index in [-0.39, 0.29) is 18.0 Å². The first-order chi connectivity index (χ1) is 17.8. The summed E-state index contributed by atoms with van der Waals surface area (Å²) < 4.78 is 31.3. The van der Waals surface area contributed by atoms with Crippen molar-refractivity contribution in [2.24, 2.45) is 0 Å². The van der Waals surface area contributed by atoms with Gasteiger partial charge in [0.2, 0.25) is 15.9 Å². The van der Waals surface area contributed by atoms with E-state index < -0.39 is 27.1 Å². The van der Waals surface area contributed by atoms with E-state index in [1.807, 2.05) is 57.2 Å². The van der Waals surface area contributed by atoms with Crippen LogP contribution in [0.5, 0.6) is 0 Å². The van der Waals surface area contributed by atoms with Crippen molar-refractivity contribution in [3.63, 3.8) is 0 Å². The number of benzene rings is 2. The zero-order chi connectivity index (χ0) is 27.6. The smallest absolute Gasteiger partial charge is 0.407 e. The third-order valence-corrected chi connectivity index (χ3v) is 7.45. The summed E-state index contributed by atoms with van der Waals surface area (Å²) in [6.07, 6.45) is 2.90. The first-order valence-corrected chi connectivity index (χ1v) is 14.9. The van der Waals surface area contributed by atoms with E-state index in [0.717, 1.165) is 30.3 Å². The number of anilines is 1. The van der Waals surface area contributed by atoms with Gasteiger partial charge in [0.05, 0.1) is 17.7 Å². The number of sulfonamides is 1. The Balaban J connectivity index is 1.44. The van der Waals surface area contributed by atoms with Crippen molar-refractivity contribution >= 4 is 27.7 Å². The highest BCUT2D eigenvalue weighted by molar-refractivity contribution is 7.92. The van der Waals surface area contributed by atoms with E-state index in [9.17, 15) is 18.0 Å². The van der Waals surface area contributed by atoms with Gasteiger partial charge in [0.1, 0.15) is 5.60 Å². The highest BCUT2D eigenvalue weighted by Gasteiger charge is 2.52. The van der Waals surface area contributed by atoms with E-state index in [4.69, 9.17) is 4.74 Å². The monoisotopic (exact) mass is 542 g/mol. The number of carbonyl (C=O) groups excluding carboxylic acids is 2. The first-order valence-electron chi connectivity index (χ1n) is 13.0. The van der Waals surface area contributed by atoms with Crippen LogP contribution in [0.2, 0.25) is 0 Å². The second-order valence-corrected chi connectivity index (χ2v) is 13.1. The van der Waals surface area contributed by atoms with Crippen molar-refractivity contribution in [3.05, 3.63) is 65.7 Å². The van der Waals surface area contributed by atoms with Gasteiger partial charge in [-0.25, -0.2) is 13.2 Å². The molecule has 2 amide bonds. The Kier molecular flexibility index (Phi) is 8.04. The number of hydrogen-bond acceptors (Lipinski definition) is 6. The number of carbonyl (C=O) groups is 2. The van der Waals surface area contributed by atoms with Gasteiger partial charge in [-0.3, -0.25) is 14.4 Å². The molecule has 9 nitrogen and oxygen atoms in total. The van der Waals surface area contributed by atoms with Gasteiger partial charge in [0.15, 0.2) is 0 Å². The molecule has 0 aromatic heterocycles. The van der Waals surface area contributed by atoms with Gasteiger partial charge in [-0.1, -0.05) is 42.5 Å². The summed E-state index contributed by atoms with van der Waals surface area (Å²) in [5, 5.41) is 6.24. The van der Waals surface area contributed by atoms with Crippen LogP contribution >= 0.6 is 0 Å². The Morgan fingerprint density at radius 1 is 1.11 bits per heavy atom. The SMILES string of the molecule is CC(C)(C)OC(=O)N[C@H]1CCN(C[C@@H](NC(=O)C2(c3cccc(NS(C)(=O)=O)c3)CC2)c2ccccc2)C1. The number of alkyl carbamates (subject to hydrolysis) is 1. The minimum absolute atomic E-state index is 0.0168. The second kappa shape index (κ2) is 10.9. The minimum atomic E-state index is -3.42. The molecule has 1 saturated heterocycles. The molecule has 0 spiro atoms. The fraction of sp³-hybridized carbons (Fsp3) is 0.500. The van der Waals surface area contributed by atoms with E-state index in [1.54, 1.807) is 18.2 Å². The summed E-state index contributed by atoms with van der Waals surface area (Å²) in [5.74, 6) is -0.0644. The molecule has 2 aromatic carbocycles. The average molecular weight is 543 g/mol. The zero-order valence-corrected chi connectivity index (χ0v) is 23.3. The normalized spacial score (nSPS) is 19.8. The highest BCUT2D eigenvalue weighted by atomic mass is 32.2. The Labute approximate surface area is 225 Å². The lowest BCUT2D eigenvalue weighted by atomic mass is 9.93. The molecule has 4 rings (SSSR count). The number of nitrogens with one attached hydrogen (secondary N) is 3. The quantitative estimate of drug-likeness (QED) is 0.446. The summed E-state index contributed by atoms with van der Waals surface area (Å²) in [5.41, 5.74) is 1.04. The van der Waals surface area contributed by atoms with Gasteiger partial charge in [-0.15, -0.1) is 0 Å². The lowest BCUT2D eigenvalue weighted by molar-refractivity contribution is -0.124. The maximum Gasteiger partial charge on any atom is 0.407 e. The van der Waals surface area contributed by atoms with Crippen LogP contribution in [-0.2, 0) is 25.0 Å². The molecule has 206 valence electrons. The van der Waals surface area contributed by atoms with E-state index in [2.05, 4.69) is 20.3 Å². The molecule has 1 heterocycles. The second-order valence-electron chi connectivity index (χ2n) is 11.4. The Morgan fingerprint density at radius 2 is 1.82 bits per heavy atom. The van der Waals surface area contributed by atoms with Crippen molar-refractivity contribution in [1.82, 2.24) is 15.5 Å². The molecule has 1 aliphatic heterocycles. The van der Waals surface area contributed by atoms with Crippen LogP contribution in [0.4, 0.5) is 10.5 Å². The molecule has 0 bridgehead atoms. The minimum Gasteiger partial charge on any atom is -0.444 e. The first kappa shape index (κ1) is 27.9. The number of likely N-dealkylation sites (tertiary alicyclic amines) is 1. The van der Waals surface area contributed by atoms with E-state index in [1.165, 1.54) is 0 Å². The topological polar surface area (TPSA) is 117 Å². The van der Waals surface area contributed by atoms with Crippen molar-refractivity contribution in [1.29, 1.82) is 0 Å². The highest BCUT2D eigenvalue weighted by Crippen LogP contribution is 2.49. The Bertz CT molecular complexity index is 1260. The lowest BCUT2D eigenvalue weighted by Gasteiger charge is -2.28. The van der Waals surface area contributed by atoms with Gasteiger partial charge in [0.25, 0.3) is 0 Å². The molecule has 2 aliphatic rings. The summed E-state index contributed by atoms with van der Waals surface area (Å²) in [7, 11) is -3.42. The van der Waals surface area contributed by atoms with Crippen LogP contribution in [0.1, 0.15) is 57.2 Å². The fourth-order valence-corrected chi connectivity index (χ4v) is 5.49. The number of nitrogens with zero attached hydrogens (tertiary/aromatic N) is 1. The fourth-order valence-electron chi connectivity index (χ4n) is 4.93. The molecule has 2 fully saturated rings. The van der Waals surface area contributed by atoms with Crippen molar-refractivity contribution in [2.45, 2.75) is 63.1 Å². The molecule has 1 aliphatic carbocycles. The third-order valence-electron chi connectivity index (χ3n) is 6.84. The molecule has 3 N–H and O–H groups in total. The van der Waals surface area contributed by atoms with Gasteiger partial charge >= 0.3 is 6.09 Å². The van der Waals surface area contributed by atoms with Crippen LogP contribution in [0.25, 0.3) is 0 Å². The molecule has 0 radical (unpaired) electrons. The summed E-state index contributed by atoms with van der Waals surface area (Å²) in [4.78, 5) is 28.1. The molecule has 10 heteroatoms. The predicted molar refractivity (Wildman–Crippen MR) is 147 cm³/mol. The van der Waals surface area contributed by atoms with E-state index in [0.29, 0.717) is 31.6 Å². The molecular formula is C28H38N4O5S. The Hall–Kier alpha value is -3.11. The molecule has 2 atom stereocenters.